The highest BCUT2D eigenvalue weighted by atomic mass is 16.5. The molecule has 100 valence electrons. The van der Waals surface area contributed by atoms with E-state index >= 15 is 0 Å². The highest BCUT2D eigenvalue weighted by molar-refractivity contribution is 6.04. The summed E-state index contributed by atoms with van der Waals surface area (Å²) in [5.74, 6) is 0.354. The minimum Gasteiger partial charge on any atom is -0.495 e. The number of anilines is 1. The predicted molar refractivity (Wildman–Crippen MR) is 72.0 cm³/mol. The van der Waals surface area contributed by atoms with Crippen LogP contribution in [0.3, 0.4) is 0 Å². The third kappa shape index (κ3) is 2.92. The Hall–Kier alpha value is -2.34. The molecular weight excluding hydrogens is 244 g/mol. The molecule has 0 saturated carbocycles. The molecule has 1 aromatic carbocycles. The van der Waals surface area contributed by atoms with Crippen molar-refractivity contribution in [1.82, 2.24) is 9.78 Å². The molecule has 6 heteroatoms. The maximum atomic E-state index is 12.0. The molecular formula is C13H16N4O2. The number of aryl methyl sites for hydroxylation is 1. The molecule has 1 heterocycles. The summed E-state index contributed by atoms with van der Waals surface area (Å²) in [6.45, 7) is 0.424. The molecule has 19 heavy (non-hydrogen) atoms. The Morgan fingerprint density at radius 1 is 1.53 bits per heavy atom. The van der Waals surface area contributed by atoms with Crippen LogP contribution < -0.4 is 15.8 Å². The van der Waals surface area contributed by atoms with E-state index in [2.05, 4.69) is 10.4 Å². The first kappa shape index (κ1) is 13.1. The van der Waals surface area contributed by atoms with Crippen LogP contribution in [0.15, 0.2) is 30.6 Å². The van der Waals surface area contributed by atoms with Crippen LogP contribution in [0.1, 0.15) is 15.9 Å². The Kier molecular flexibility index (Phi) is 3.82. The number of benzene rings is 1. The second-order valence-corrected chi connectivity index (χ2v) is 4.10. The number of aromatic nitrogens is 2. The minimum absolute atomic E-state index is 0.230. The summed E-state index contributed by atoms with van der Waals surface area (Å²) in [6, 6.07) is 5.43. The van der Waals surface area contributed by atoms with Gasteiger partial charge in [0, 0.05) is 19.8 Å². The average molecular weight is 260 g/mol. The molecule has 0 unspecified atom stereocenters. The van der Waals surface area contributed by atoms with E-state index in [4.69, 9.17) is 10.5 Å². The van der Waals surface area contributed by atoms with Crippen LogP contribution in [0.4, 0.5) is 5.69 Å². The molecule has 0 radical (unpaired) electrons. The maximum Gasteiger partial charge on any atom is 0.258 e. The Balaban J connectivity index is 2.21. The van der Waals surface area contributed by atoms with Gasteiger partial charge in [-0.05, 0) is 17.7 Å². The number of nitrogens with one attached hydrogen (secondary N) is 1. The molecule has 0 fully saturated rings. The van der Waals surface area contributed by atoms with Crippen LogP contribution in [0, 0.1) is 0 Å². The monoisotopic (exact) mass is 260 g/mol. The smallest absolute Gasteiger partial charge is 0.258 e. The lowest BCUT2D eigenvalue weighted by Gasteiger charge is -2.10. The van der Waals surface area contributed by atoms with Gasteiger partial charge in [0.05, 0.1) is 24.6 Å². The second-order valence-electron chi connectivity index (χ2n) is 4.10. The first-order valence-electron chi connectivity index (χ1n) is 5.81. The van der Waals surface area contributed by atoms with Crippen molar-refractivity contribution in [1.29, 1.82) is 0 Å². The fourth-order valence-corrected chi connectivity index (χ4v) is 1.70. The number of amides is 1. The van der Waals surface area contributed by atoms with E-state index in [1.807, 2.05) is 6.07 Å². The maximum absolute atomic E-state index is 12.0. The molecule has 0 aliphatic heterocycles. The molecule has 0 spiro atoms. The summed E-state index contributed by atoms with van der Waals surface area (Å²) in [4.78, 5) is 12.0. The topological polar surface area (TPSA) is 82.2 Å². The number of ether oxygens (including phenoxy) is 1. The normalized spacial score (nSPS) is 10.3. The van der Waals surface area contributed by atoms with Crippen LogP contribution in [0.5, 0.6) is 5.75 Å². The van der Waals surface area contributed by atoms with Gasteiger partial charge in [0.15, 0.2) is 0 Å². The summed E-state index contributed by atoms with van der Waals surface area (Å²) in [7, 11) is 3.31. The van der Waals surface area contributed by atoms with E-state index in [1.165, 1.54) is 6.20 Å². The lowest BCUT2D eigenvalue weighted by Crippen LogP contribution is -2.12. The predicted octanol–water partition coefficient (Wildman–Crippen LogP) is 1.14. The fourth-order valence-electron chi connectivity index (χ4n) is 1.70. The number of hydrogen-bond acceptors (Lipinski definition) is 4. The summed E-state index contributed by atoms with van der Waals surface area (Å²) in [5, 5.41) is 6.74. The molecule has 1 aromatic heterocycles. The van der Waals surface area contributed by atoms with E-state index in [0.717, 1.165) is 5.56 Å². The Labute approximate surface area is 111 Å². The van der Waals surface area contributed by atoms with Crippen molar-refractivity contribution >= 4 is 11.6 Å². The van der Waals surface area contributed by atoms with E-state index in [9.17, 15) is 4.79 Å². The summed E-state index contributed by atoms with van der Waals surface area (Å²) < 4.78 is 6.81. The summed E-state index contributed by atoms with van der Waals surface area (Å²) in [5.41, 5.74) is 7.60. The molecule has 0 bridgehead atoms. The van der Waals surface area contributed by atoms with Gasteiger partial charge in [-0.2, -0.15) is 5.10 Å². The van der Waals surface area contributed by atoms with Crippen LogP contribution in [0.2, 0.25) is 0 Å². The van der Waals surface area contributed by atoms with Crippen molar-refractivity contribution in [3.8, 4) is 5.75 Å². The number of rotatable bonds is 4. The van der Waals surface area contributed by atoms with E-state index in [-0.39, 0.29) is 5.91 Å². The number of nitrogens with zero attached hydrogens (tertiary/aromatic N) is 2. The zero-order valence-electron chi connectivity index (χ0n) is 10.9. The van der Waals surface area contributed by atoms with Gasteiger partial charge in [0.1, 0.15) is 5.75 Å². The van der Waals surface area contributed by atoms with Crippen molar-refractivity contribution in [2.75, 3.05) is 12.4 Å². The summed E-state index contributed by atoms with van der Waals surface area (Å²) in [6.07, 6.45) is 3.16. The van der Waals surface area contributed by atoms with Crippen molar-refractivity contribution in [3.63, 3.8) is 0 Å². The second kappa shape index (κ2) is 5.53. The van der Waals surface area contributed by atoms with Crippen LogP contribution in [-0.2, 0) is 13.6 Å². The molecule has 2 aromatic rings. The number of methoxy groups -OCH3 is 1. The molecule has 0 atom stereocenters. The van der Waals surface area contributed by atoms with Gasteiger partial charge < -0.3 is 15.8 Å². The lowest BCUT2D eigenvalue weighted by atomic mass is 10.2. The van der Waals surface area contributed by atoms with Gasteiger partial charge in [-0.15, -0.1) is 0 Å². The molecule has 0 saturated heterocycles. The van der Waals surface area contributed by atoms with Crippen molar-refractivity contribution in [3.05, 3.63) is 41.7 Å². The number of nitrogens with two attached hydrogens (primary N) is 1. The van der Waals surface area contributed by atoms with Crippen molar-refractivity contribution < 1.29 is 9.53 Å². The van der Waals surface area contributed by atoms with Gasteiger partial charge in [0.25, 0.3) is 5.91 Å². The standard InChI is InChI=1S/C13H16N4O2/c1-17-8-10(7-15-17)13(18)16-11-4-3-9(6-14)5-12(11)19-2/h3-5,7-8H,6,14H2,1-2H3,(H,16,18). The fraction of sp³-hybridized carbons (Fsp3) is 0.231. The van der Waals surface area contributed by atoms with Crippen molar-refractivity contribution in [2.24, 2.45) is 12.8 Å². The van der Waals surface area contributed by atoms with Crippen LogP contribution in [-0.4, -0.2) is 22.8 Å². The number of hydrogen-bond donors (Lipinski definition) is 2. The molecule has 6 nitrogen and oxygen atoms in total. The van der Waals surface area contributed by atoms with Gasteiger partial charge >= 0.3 is 0 Å². The summed E-state index contributed by atoms with van der Waals surface area (Å²) >= 11 is 0. The molecule has 3 N–H and O–H groups in total. The zero-order chi connectivity index (χ0) is 13.8. The van der Waals surface area contributed by atoms with Crippen LogP contribution in [0.25, 0.3) is 0 Å². The lowest BCUT2D eigenvalue weighted by molar-refractivity contribution is 0.102. The third-order valence-electron chi connectivity index (χ3n) is 2.72. The molecule has 0 aliphatic carbocycles. The van der Waals surface area contributed by atoms with Gasteiger partial charge in [-0.1, -0.05) is 6.07 Å². The highest BCUT2D eigenvalue weighted by Gasteiger charge is 2.11. The average Bonchev–Trinajstić information content (AvgIpc) is 2.86. The zero-order valence-corrected chi connectivity index (χ0v) is 10.9. The number of carbonyl (C=O) groups is 1. The Bertz CT molecular complexity index is 592. The Morgan fingerprint density at radius 2 is 2.32 bits per heavy atom. The van der Waals surface area contributed by atoms with E-state index < -0.39 is 0 Å². The third-order valence-corrected chi connectivity index (χ3v) is 2.72. The van der Waals surface area contributed by atoms with Crippen molar-refractivity contribution in [2.45, 2.75) is 6.54 Å². The minimum atomic E-state index is -0.230. The van der Waals surface area contributed by atoms with Crippen LogP contribution >= 0.6 is 0 Å². The van der Waals surface area contributed by atoms with E-state index in [0.29, 0.717) is 23.5 Å². The largest absolute Gasteiger partial charge is 0.495 e. The van der Waals surface area contributed by atoms with Gasteiger partial charge in [-0.25, -0.2) is 0 Å². The highest BCUT2D eigenvalue weighted by Crippen LogP contribution is 2.25. The van der Waals surface area contributed by atoms with Gasteiger partial charge in [0.2, 0.25) is 0 Å². The molecule has 1 amide bonds. The SMILES string of the molecule is COc1cc(CN)ccc1NC(=O)c1cnn(C)c1. The quantitative estimate of drug-likeness (QED) is 0.863. The molecule has 2 rings (SSSR count). The Morgan fingerprint density at radius 3 is 2.89 bits per heavy atom. The molecule has 0 aliphatic rings. The van der Waals surface area contributed by atoms with E-state index in [1.54, 1.807) is 37.2 Å². The number of carbonyl (C=O) groups excluding carboxylic acids is 1. The first-order chi connectivity index (χ1) is 9.13. The van der Waals surface area contributed by atoms with Gasteiger partial charge in [-0.3, -0.25) is 9.48 Å². The first-order valence-corrected chi connectivity index (χ1v) is 5.81.